The maximum atomic E-state index is 8.87. The molecule has 0 bridgehead atoms. The van der Waals surface area contributed by atoms with Crippen molar-refractivity contribution in [1.29, 1.82) is 5.26 Å². The molecular weight excluding hydrogens is 240 g/mol. The van der Waals surface area contributed by atoms with Crippen molar-refractivity contribution in [3.05, 3.63) is 30.4 Å². The molecule has 0 aliphatic rings. The molecule has 0 aromatic carbocycles. The van der Waals surface area contributed by atoms with Gasteiger partial charge in [-0.05, 0) is 24.0 Å². The lowest BCUT2D eigenvalue weighted by molar-refractivity contribution is 0.266. The minimum Gasteiger partial charge on any atom is -0.339 e. The number of hydrogen-bond donors (Lipinski definition) is 0. The fourth-order valence-corrected chi connectivity index (χ4v) is 1.81. The van der Waals surface area contributed by atoms with Crippen molar-refractivity contribution in [3.63, 3.8) is 0 Å². The standard InChI is InChI=1S/C14H16N4O/c1-3-14(2,6-7-15)9-12-17-13(18-19-12)11-5-4-8-16-10-11/h4-5,8,10H,3,6,9H2,1-2H3. The van der Waals surface area contributed by atoms with Crippen LogP contribution in [-0.2, 0) is 6.42 Å². The van der Waals surface area contributed by atoms with Crippen molar-refractivity contribution in [2.45, 2.75) is 33.1 Å². The summed E-state index contributed by atoms with van der Waals surface area (Å²) >= 11 is 0. The number of rotatable bonds is 5. The van der Waals surface area contributed by atoms with E-state index in [1.165, 1.54) is 0 Å². The minimum absolute atomic E-state index is 0.118. The lowest BCUT2D eigenvalue weighted by Crippen LogP contribution is -2.18. The topological polar surface area (TPSA) is 75.6 Å². The molecule has 0 aliphatic heterocycles. The molecule has 2 aromatic rings. The quantitative estimate of drug-likeness (QED) is 0.821. The Bertz CT molecular complexity index is 573. The first-order valence-corrected chi connectivity index (χ1v) is 6.27. The summed E-state index contributed by atoms with van der Waals surface area (Å²) in [6.45, 7) is 4.12. The average molecular weight is 256 g/mol. The highest BCUT2D eigenvalue weighted by molar-refractivity contribution is 5.51. The van der Waals surface area contributed by atoms with E-state index < -0.39 is 0 Å². The van der Waals surface area contributed by atoms with Crippen molar-refractivity contribution in [1.82, 2.24) is 15.1 Å². The van der Waals surface area contributed by atoms with Crippen molar-refractivity contribution in [3.8, 4) is 17.5 Å². The van der Waals surface area contributed by atoms with Gasteiger partial charge in [0.15, 0.2) is 0 Å². The van der Waals surface area contributed by atoms with Crippen LogP contribution in [0.5, 0.6) is 0 Å². The van der Waals surface area contributed by atoms with Gasteiger partial charge in [0.2, 0.25) is 11.7 Å². The van der Waals surface area contributed by atoms with Gasteiger partial charge in [0.05, 0.1) is 6.07 Å². The van der Waals surface area contributed by atoms with E-state index in [1.807, 2.05) is 12.1 Å². The average Bonchev–Trinajstić information content (AvgIpc) is 2.88. The molecule has 1 unspecified atom stereocenters. The normalized spacial score (nSPS) is 13.7. The predicted molar refractivity (Wildman–Crippen MR) is 69.9 cm³/mol. The van der Waals surface area contributed by atoms with Gasteiger partial charge in [-0.1, -0.05) is 19.0 Å². The van der Waals surface area contributed by atoms with Crippen molar-refractivity contribution >= 4 is 0 Å². The second kappa shape index (κ2) is 5.61. The van der Waals surface area contributed by atoms with Crippen LogP contribution in [0.1, 0.15) is 32.6 Å². The molecule has 1 atom stereocenters. The summed E-state index contributed by atoms with van der Waals surface area (Å²) in [4.78, 5) is 8.39. The molecule has 0 N–H and O–H groups in total. The Hall–Kier alpha value is -2.22. The van der Waals surface area contributed by atoms with E-state index in [1.54, 1.807) is 12.4 Å². The summed E-state index contributed by atoms with van der Waals surface area (Å²) in [5, 5.41) is 12.8. The lowest BCUT2D eigenvalue weighted by Gasteiger charge is -2.22. The van der Waals surface area contributed by atoms with E-state index in [-0.39, 0.29) is 5.41 Å². The van der Waals surface area contributed by atoms with E-state index in [2.05, 4.69) is 35.0 Å². The predicted octanol–water partition coefficient (Wildman–Crippen LogP) is 3.00. The molecule has 5 heteroatoms. The fourth-order valence-electron chi connectivity index (χ4n) is 1.81. The zero-order chi connectivity index (χ0) is 13.7. The van der Waals surface area contributed by atoms with Gasteiger partial charge in [-0.25, -0.2) is 0 Å². The van der Waals surface area contributed by atoms with E-state index in [0.29, 0.717) is 24.6 Å². The Labute approximate surface area is 112 Å². The summed E-state index contributed by atoms with van der Waals surface area (Å²) < 4.78 is 5.26. The molecule has 0 spiro atoms. The summed E-state index contributed by atoms with van der Waals surface area (Å²) in [6, 6.07) is 5.93. The van der Waals surface area contributed by atoms with Crippen LogP contribution in [-0.4, -0.2) is 15.1 Å². The smallest absolute Gasteiger partial charge is 0.227 e. The molecule has 2 aromatic heterocycles. The maximum Gasteiger partial charge on any atom is 0.227 e. The van der Waals surface area contributed by atoms with Gasteiger partial charge in [0.1, 0.15) is 0 Å². The summed E-state index contributed by atoms with van der Waals surface area (Å²) in [7, 11) is 0. The number of hydrogen-bond acceptors (Lipinski definition) is 5. The lowest BCUT2D eigenvalue weighted by atomic mass is 9.81. The first kappa shape index (κ1) is 13.2. The third kappa shape index (κ3) is 3.16. The first-order valence-electron chi connectivity index (χ1n) is 6.27. The number of nitrogens with zero attached hydrogens (tertiary/aromatic N) is 4. The van der Waals surface area contributed by atoms with Crippen LogP contribution in [0.25, 0.3) is 11.4 Å². The molecule has 2 heterocycles. The maximum absolute atomic E-state index is 8.87. The summed E-state index contributed by atoms with van der Waals surface area (Å²) in [5.41, 5.74) is 0.712. The SMILES string of the molecule is CCC(C)(CC#N)Cc1nc(-c2cccnc2)no1. The van der Waals surface area contributed by atoms with Crippen LogP contribution in [0.3, 0.4) is 0 Å². The molecule has 0 saturated heterocycles. The van der Waals surface area contributed by atoms with Gasteiger partial charge in [0, 0.05) is 30.8 Å². The molecule has 0 amide bonds. The zero-order valence-corrected chi connectivity index (χ0v) is 11.1. The first-order chi connectivity index (χ1) is 9.17. The van der Waals surface area contributed by atoms with Gasteiger partial charge in [-0.2, -0.15) is 10.2 Å². The van der Waals surface area contributed by atoms with Gasteiger partial charge in [-0.3, -0.25) is 4.98 Å². The largest absolute Gasteiger partial charge is 0.339 e. The third-order valence-electron chi connectivity index (χ3n) is 3.33. The summed E-state index contributed by atoms with van der Waals surface area (Å²) in [6.07, 6.45) is 5.39. The second-order valence-electron chi connectivity index (χ2n) is 4.93. The Morgan fingerprint density at radius 2 is 2.32 bits per heavy atom. The van der Waals surface area contributed by atoms with Crippen LogP contribution in [0.2, 0.25) is 0 Å². The van der Waals surface area contributed by atoms with Crippen molar-refractivity contribution in [2.24, 2.45) is 5.41 Å². The molecule has 0 radical (unpaired) electrons. The highest BCUT2D eigenvalue weighted by atomic mass is 16.5. The molecule has 0 saturated carbocycles. The van der Waals surface area contributed by atoms with E-state index in [9.17, 15) is 0 Å². The van der Waals surface area contributed by atoms with Crippen molar-refractivity contribution in [2.75, 3.05) is 0 Å². The van der Waals surface area contributed by atoms with E-state index in [0.717, 1.165) is 12.0 Å². The molecule has 0 aliphatic carbocycles. The van der Waals surface area contributed by atoms with E-state index >= 15 is 0 Å². The van der Waals surface area contributed by atoms with Gasteiger partial charge < -0.3 is 4.52 Å². The molecular formula is C14H16N4O. The highest BCUT2D eigenvalue weighted by Crippen LogP contribution is 2.30. The van der Waals surface area contributed by atoms with Gasteiger partial charge >= 0.3 is 0 Å². The highest BCUT2D eigenvalue weighted by Gasteiger charge is 2.25. The Balaban J connectivity index is 2.16. The minimum atomic E-state index is -0.118. The number of pyridine rings is 1. The van der Waals surface area contributed by atoms with E-state index in [4.69, 9.17) is 9.78 Å². The van der Waals surface area contributed by atoms with Gasteiger partial charge in [-0.15, -0.1) is 0 Å². The molecule has 2 rings (SSSR count). The van der Waals surface area contributed by atoms with Crippen LogP contribution in [0.4, 0.5) is 0 Å². The zero-order valence-electron chi connectivity index (χ0n) is 11.1. The number of nitriles is 1. The monoisotopic (exact) mass is 256 g/mol. The van der Waals surface area contributed by atoms with Crippen molar-refractivity contribution < 1.29 is 4.52 Å². The molecule has 98 valence electrons. The Morgan fingerprint density at radius 1 is 1.47 bits per heavy atom. The Morgan fingerprint density at radius 3 is 2.95 bits per heavy atom. The molecule has 0 fully saturated rings. The van der Waals surface area contributed by atoms with Crippen LogP contribution >= 0.6 is 0 Å². The van der Waals surface area contributed by atoms with Crippen LogP contribution in [0.15, 0.2) is 29.0 Å². The number of aromatic nitrogens is 3. The second-order valence-corrected chi connectivity index (χ2v) is 4.93. The fraction of sp³-hybridized carbons (Fsp3) is 0.429. The van der Waals surface area contributed by atoms with Crippen LogP contribution < -0.4 is 0 Å². The molecule has 19 heavy (non-hydrogen) atoms. The molecule has 5 nitrogen and oxygen atoms in total. The van der Waals surface area contributed by atoms with Gasteiger partial charge in [0.25, 0.3) is 0 Å². The van der Waals surface area contributed by atoms with Crippen LogP contribution in [0, 0.1) is 16.7 Å². The summed E-state index contributed by atoms with van der Waals surface area (Å²) in [5.74, 6) is 1.11. The third-order valence-corrected chi connectivity index (χ3v) is 3.33. The Kier molecular flexibility index (Phi) is 3.91.